The summed E-state index contributed by atoms with van der Waals surface area (Å²) < 4.78 is 27.7. The van der Waals surface area contributed by atoms with Crippen LogP contribution in [-0.2, 0) is 10.0 Å². The summed E-state index contributed by atoms with van der Waals surface area (Å²) in [6.45, 7) is 7.27. The Bertz CT molecular complexity index is 633. The van der Waals surface area contributed by atoms with E-state index >= 15 is 0 Å². The quantitative estimate of drug-likeness (QED) is 0.585. The molecule has 22 heavy (non-hydrogen) atoms. The van der Waals surface area contributed by atoms with Gasteiger partial charge in [-0.15, -0.1) is 0 Å². The molecule has 3 N–H and O–H groups in total. The van der Waals surface area contributed by atoms with Crippen molar-refractivity contribution >= 4 is 15.7 Å². The molecular weight excluding hydrogens is 306 g/mol. The molecule has 0 aliphatic heterocycles. The minimum atomic E-state index is -3.77. The van der Waals surface area contributed by atoms with E-state index in [1.165, 1.54) is 12.1 Å². The maximum Gasteiger partial charge on any atom is 0.270 e. The van der Waals surface area contributed by atoms with Crippen molar-refractivity contribution in [1.29, 1.82) is 0 Å². The molecule has 7 nitrogen and oxygen atoms in total. The van der Waals surface area contributed by atoms with Crippen LogP contribution in [-0.4, -0.2) is 25.9 Å². The van der Waals surface area contributed by atoms with Gasteiger partial charge in [-0.3, -0.25) is 10.1 Å². The largest absolute Gasteiger partial charge is 0.329 e. The van der Waals surface area contributed by atoms with Crippen LogP contribution in [0.3, 0.4) is 0 Å². The minimum Gasteiger partial charge on any atom is -0.329 e. The molecule has 1 rings (SSSR count). The highest BCUT2D eigenvalue weighted by Gasteiger charge is 2.25. The van der Waals surface area contributed by atoms with E-state index in [1.54, 1.807) is 13.8 Å². The van der Waals surface area contributed by atoms with Gasteiger partial charge in [0, 0.05) is 24.7 Å². The lowest BCUT2D eigenvalue weighted by Gasteiger charge is -2.20. The molecule has 0 aliphatic rings. The first-order valence-electron chi connectivity index (χ1n) is 7.06. The van der Waals surface area contributed by atoms with Crippen molar-refractivity contribution in [3.05, 3.63) is 33.4 Å². The highest BCUT2D eigenvalue weighted by atomic mass is 32.2. The lowest BCUT2D eigenvalue weighted by Crippen LogP contribution is -2.41. The van der Waals surface area contributed by atoms with Gasteiger partial charge in [-0.05, 0) is 37.3 Å². The first kappa shape index (κ1) is 18.5. The van der Waals surface area contributed by atoms with Gasteiger partial charge in [-0.2, -0.15) is 0 Å². The molecule has 0 saturated heterocycles. The number of sulfonamides is 1. The maximum absolute atomic E-state index is 12.6. The second kappa shape index (κ2) is 7.17. The Labute approximate surface area is 131 Å². The van der Waals surface area contributed by atoms with E-state index in [9.17, 15) is 18.5 Å². The van der Waals surface area contributed by atoms with Crippen LogP contribution in [0, 0.1) is 29.9 Å². The number of nitrogens with zero attached hydrogens (tertiary/aromatic N) is 1. The average molecular weight is 329 g/mol. The molecule has 1 aromatic carbocycles. The number of nitrogens with two attached hydrogens (primary N) is 1. The monoisotopic (exact) mass is 329 g/mol. The van der Waals surface area contributed by atoms with Gasteiger partial charge in [-0.1, -0.05) is 13.8 Å². The molecule has 0 bridgehead atoms. The van der Waals surface area contributed by atoms with Crippen LogP contribution in [0.15, 0.2) is 17.0 Å². The SMILES string of the molecule is Cc1cc([N+](=O)[O-])cc(C)c1S(=O)(=O)NC(CN)CC(C)C. The summed E-state index contributed by atoms with van der Waals surface area (Å²) in [5.41, 5.74) is 6.20. The molecule has 1 atom stereocenters. The Morgan fingerprint density at radius 2 is 1.77 bits per heavy atom. The number of hydrogen-bond donors (Lipinski definition) is 2. The van der Waals surface area contributed by atoms with Crippen LogP contribution in [0.1, 0.15) is 31.4 Å². The Kier molecular flexibility index (Phi) is 6.04. The van der Waals surface area contributed by atoms with Crippen LogP contribution < -0.4 is 10.5 Å². The third-order valence-electron chi connectivity index (χ3n) is 3.29. The van der Waals surface area contributed by atoms with Crippen LogP contribution >= 0.6 is 0 Å². The molecule has 1 unspecified atom stereocenters. The topological polar surface area (TPSA) is 115 Å². The summed E-state index contributed by atoms with van der Waals surface area (Å²) in [4.78, 5) is 10.4. The summed E-state index contributed by atoms with van der Waals surface area (Å²) in [6.07, 6.45) is 0.626. The number of aryl methyl sites for hydroxylation is 2. The standard InChI is InChI=1S/C14H23N3O4S/c1-9(2)5-12(8-15)16-22(20,21)14-10(3)6-13(17(18)19)7-11(14)4/h6-7,9,12,16H,5,8,15H2,1-4H3. The summed E-state index contributed by atoms with van der Waals surface area (Å²) in [6, 6.07) is 2.17. The number of non-ortho nitro benzene ring substituents is 1. The Morgan fingerprint density at radius 3 is 2.14 bits per heavy atom. The third kappa shape index (κ3) is 4.49. The van der Waals surface area contributed by atoms with Gasteiger partial charge in [0.15, 0.2) is 0 Å². The highest BCUT2D eigenvalue weighted by Crippen LogP contribution is 2.26. The third-order valence-corrected chi connectivity index (χ3v) is 5.11. The Morgan fingerprint density at radius 1 is 1.27 bits per heavy atom. The van der Waals surface area contributed by atoms with Crippen molar-refractivity contribution in [3.63, 3.8) is 0 Å². The van der Waals surface area contributed by atoms with Gasteiger partial charge in [0.2, 0.25) is 10.0 Å². The van der Waals surface area contributed by atoms with Crippen molar-refractivity contribution in [2.75, 3.05) is 6.54 Å². The minimum absolute atomic E-state index is 0.0836. The van der Waals surface area contributed by atoms with Crippen LogP contribution in [0.4, 0.5) is 5.69 Å². The number of benzene rings is 1. The zero-order valence-electron chi connectivity index (χ0n) is 13.3. The van der Waals surface area contributed by atoms with E-state index in [0.717, 1.165) is 0 Å². The van der Waals surface area contributed by atoms with Crippen molar-refractivity contribution in [3.8, 4) is 0 Å². The Hall–Kier alpha value is -1.51. The first-order chi connectivity index (χ1) is 10.1. The van der Waals surface area contributed by atoms with E-state index in [-0.39, 0.29) is 23.2 Å². The fourth-order valence-electron chi connectivity index (χ4n) is 2.50. The maximum atomic E-state index is 12.6. The average Bonchev–Trinajstić information content (AvgIpc) is 2.35. The summed E-state index contributed by atoms with van der Waals surface area (Å²) in [5.74, 6) is 0.301. The van der Waals surface area contributed by atoms with Crippen LogP contribution in [0.25, 0.3) is 0 Å². The predicted molar refractivity (Wildman–Crippen MR) is 85.2 cm³/mol. The van der Waals surface area contributed by atoms with Crippen molar-refractivity contribution in [1.82, 2.24) is 4.72 Å². The van der Waals surface area contributed by atoms with Gasteiger partial charge in [0.05, 0.1) is 9.82 Å². The van der Waals surface area contributed by atoms with Gasteiger partial charge >= 0.3 is 0 Å². The fourth-order valence-corrected chi connectivity index (χ4v) is 4.21. The second-order valence-corrected chi connectivity index (χ2v) is 7.50. The van der Waals surface area contributed by atoms with Gasteiger partial charge in [0.1, 0.15) is 0 Å². The van der Waals surface area contributed by atoms with Gasteiger partial charge in [0.25, 0.3) is 5.69 Å². The number of nitrogens with one attached hydrogen (secondary N) is 1. The number of rotatable bonds is 7. The molecule has 0 saturated carbocycles. The van der Waals surface area contributed by atoms with Crippen molar-refractivity contribution in [2.24, 2.45) is 11.7 Å². The molecule has 124 valence electrons. The van der Waals surface area contributed by atoms with E-state index < -0.39 is 14.9 Å². The highest BCUT2D eigenvalue weighted by molar-refractivity contribution is 7.89. The number of nitro benzene ring substituents is 1. The van der Waals surface area contributed by atoms with E-state index in [2.05, 4.69) is 4.72 Å². The molecule has 0 fully saturated rings. The lowest BCUT2D eigenvalue weighted by atomic mass is 10.1. The molecule has 0 amide bonds. The molecule has 0 heterocycles. The zero-order valence-corrected chi connectivity index (χ0v) is 14.1. The van der Waals surface area contributed by atoms with Crippen LogP contribution in [0.2, 0.25) is 0 Å². The molecule has 0 aliphatic carbocycles. The van der Waals surface area contributed by atoms with Crippen molar-refractivity contribution < 1.29 is 13.3 Å². The smallest absolute Gasteiger partial charge is 0.270 e. The second-order valence-electron chi connectivity index (χ2n) is 5.85. The zero-order chi connectivity index (χ0) is 17.1. The first-order valence-corrected chi connectivity index (χ1v) is 8.54. The normalized spacial score (nSPS) is 13.4. The summed E-state index contributed by atoms with van der Waals surface area (Å²) >= 11 is 0. The van der Waals surface area contributed by atoms with Crippen LogP contribution in [0.5, 0.6) is 0 Å². The molecule has 0 spiro atoms. The molecular formula is C14H23N3O4S. The Balaban J connectivity index is 3.20. The lowest BCUT2D eigenvalue weighted by molar-refractivity contribution is -0.385. The van der Waals surface area contributed by atoms with E-state index in [4.69, 9.17) is 5.73 Å². The van der Waals surface area contributed by atoms with Gasteiger partial charge < -0.3 is 5.73 Å². The summed E-state index contributed by atoms with van der Waals surface area (Å²) in [7, 11) is -3.77. The molecule has 8 heteroatoms. The molecule has 1 aromatic rings. The predicted octanol–water partition coefficient (Wildman–Crippen LogP) is 1.86. The van der Waals surface area contributed by atoms with Crippen molar-refractivity contribution in [2.45, 2.75) is 45.1 Å². The van der Waals surface area contributed by atoms with Gasteiger partial charge in [-0.25, -0.2) is 13.1 Å². The summed E-state index contributed by atoms with van der Waals surface area (Å²) in [5, 5.41) is 10.8. The van der Waals surface area contributed by atoms with E-state index in [0.29, 0.717) is 23.5 Å². The van der Waals surface area contributed by atoms with E-state index in [1.807, 2.05) is 13.8 Å². The number of nitro groups is 1. The fraction of sp³-hybridized carbons (Fsp3) is 0.571. The number of hydrogen-bond acceptors (Lipinski definition) is 5. The molecule has 0 aromatic heterocycles. The molecule has 0 radical (unpaired) electrons.